The lowest BCUT2D eigenvalue weighted by Gasteiger charge is -2.41. The van der Waals surface area contributed by atoms with E-state index < -0.39 is 10.0 Å². The largest absolute Gasteiger partial charge is 0.356 e. The topological polar surface area (TPSA) is 82.6 Å². The number of nitrogens with one attached hydrogen (secondary N) is 3. The molecule has 0 amide bonds. The van der Waals surface area contributed by atoms with Crippen LogP contribution >= 0.6 is 24.0 Å². The highest BCUT2D eigenvalue weighted by molar-refractivity contribution is 14.0. The Morgan fingerprint density at radius 1 is 1.19 bits per heavy atom. The van der Waals surface area contributed by atoms with Gasteiger partial charge in [0.05, 0.1) is 5.75 Å². The van der Waals surface area contributed by atoms with Crippen molar-refractivity contribution in [2.75, 3.05) is 32.4 Å². The second-order valence-electron chi connectivity index (χ2n) is 5.36. The van der Waals surface area contributed by atoms with E-state index in [9.17, 15) is 8.42 Å². The second-order valence-corrected chi connectivity index (χ2v) is 7.45. The smallest absolute Gasteiger partial charge is 0.211 e. The molecule has 0 heterocycles. The Balaban J connectivity index is 0.00000400. The minimum absolute atomic E-state index is 0. The van der Waals surface area contributed by atoms with Gasteiger partial charge in [-0.25, -0.2) is 13.1 Å². The molecule has 0 aromatic carbocycles. The summed E-state index contributed by atoms with van der Waals surface area (Å²) in [5.41, 5.74) is 0.432. The van der Waals surface area contributed by atoms with Crippen molar-refractivity contribution in [2.24, 2.45) is 10.4 Å². The summed E-state index contributed by atoms with van der Waals surface area (Å²) in [6.45, 7) is 5.69. The summed E-state index contributed by atoms with van der Waals surface area (Å²) in [5, 5.41) is 6.46. The van der Waals surface area contributed by atoms with Crippen molar-refractivity contribution >= 4 is 40.0 Å². The zero-order chi connectivity index (χ0) is 15.1. The predicted molar refractivity (Wildman–Crippen MR) is 98.8 cm³/mol. The van der Waals surface area contributed by atoms with Gasteiger partial charge in [-0.3, -0.25) is 4.99 Å². The molecule has 8 heteroatoms. The van der Waals surface area contributed by atoms with Crippen molar-refractivity contribution < 1.29 is 8.42 Å². The molecule has 0 aromatic heterocycles. The zero-order valence-electron chi connectivity index (χ0n) is 13.2. The lowest BCUT2D eigenvalue weighted by atomic mass is 9.67. The fraction of sp³-hybridized carbons (Fsp3) is 0.923. The summed E-state index contributed by atoms with van der Waals surface area (Å²) in [6.07, 6.45) is 5.07. The number of sulfonamides is 1. The predicted octanol–water partition coefficient (Wildman–Crippen LogP) is 1.29. The van der Waals surface area contributed by atoms with Crippen molar-refractivity contribution in [1.29, 1.82) is 0 Å². The van der Waals surface area contributed by atoms with Crippen molar-refractivity contribution in [1.82, 2.24) is 15.4 Å². The number of aliphatic imine (C=N–C) groups is 1. The van der Waals surface area contributed by atoms with E-state index >= 15 is 0 Å². The van der Waals surface area contributed by atoms with Gasteiger partial charge in [-0.15, -0.1) is 24.0 Å². The first-order valence-electron chi connectivity index (χ1n) is 7.39. The summed E-state index contributed by atoms with van der Waals surface area (Å²) >= 11 is 0. The molecule has 0 atom stereocenters. The third-order valence-electron chi connectivity index (χ3n) is 4.14. The fourth-order valence-corrected chi connectivity index (χ4v) is 2.93. The minimum Gasteiger partial charge on any atom is -0.356 e. The van der Waals surface area contributed by atoms with E-state index in [1.165, 1.54) is 25.7 Å². The lowest BCUT2D eigenvalue weighted by Crippen LogP contribution is -2.47. The molecule has 21 heavy (non-hydrogen) atoms. The van der Waals surface area contributed by atoms with Crippen LogP contribution in [0.3, 0.4) is 0 Å². The van der Waals surface area contributed by atoms with Crippen LogP contribution < -0.4 is 15.4 Å². The summed E-state index contributed by atoms with van der Waals surface area (Å²) < 4.78 is 25.1. The quantitative estimate of drug-likeness (QED) is 0.234. The van der Waals surface area contributed by atoms with Gasteiger partial charge in [-0.05, 0) is 31.6 Å². The molecule has 0 aromatic rings. The molecule has 1 saturated carbocycles. The SMILES string of the molecule is CCC1(CNC(=NC)NCCNS(=O)(=O)CC)CCC1.I. The van der Waals surface area contributed by atoms with E-state index in [-0.39, 0.29) is 29.7 Å². The molecule has 1 aliphatic carbocycles. The molecule has 6 nitrogen and oxygen atoms in total. The van der Waals surface area contributed by atoms with Gasteiger partial charge in [0.25, 0.3) is 0 Å². The van der Waals surface area contributed by atoms with Crippen molar-refractivity contribution in [2.45, 2.75) is 39.5 Å². The third-order valence-corrected chi connectivity index (χ3v) is 5.54. The highest BCUT2D eigenvalue weighted by atomic mass is 127. The van der Waals surface area contributed by atoms with E-state index in [1.54, 1.807) is 14.0 Å². The second kappa shape index (κ2) is 9.83. The van der Waals surface area contributed by atoms with Crippen LogP contribution in [-0.2, 0) is 10.0 Å². The normalized spacial score (nSPS) is 17.6. The Hall–Kier alpha value is -0.0900. The van der Waals surface area contributed by atoms with Gasteiger partial charge < -0.3 is 10.6 Å². The monoisotopic (exact) mass is 432 g/mol. The van der Waals surface area contributed by atoms with Crippen molar-refractivity contribution in [3.8, 4) is 0 Å². The maximum atomic E-state index is 11.3. The van der Waals surface area contributed by atoms with E-state index in [2.05, 4.69) is 27.3 Å². The highest BCUT2D eigenvalue weighted by Gasteiger charge is 2.34. The molecule has 3 N–H and O–H groups in total. The van der Waals surface area contributed by atoms with Gasteiger partial charge in [0.15, 0.2) is 5.96 Å². The van der Waals surface area contributed by atoms with Crippen LogP contribution in [0, 0.1) is 5.41 Å². The van der Waals surface area contributed by atoms with Crippen LogP contribution in [0.2, 0.25) is 0 Å². The molecule has 0 aliphatic heterocycles. The minimum atomic E-state index is -3.11. The fourth-order valence-electron chi connectivity index (χ4n) is 2.31. The number of nitrogens with zero attached hydrogens (tertiary/aromatic N) is 1. The molecular weight excluding hydrogens is 403 g/mol. The number of hydrogen-bond acceptors (Lipinski definition) is 3. The van der Waals surface area contributed by atoms with Crippen LogP contribution in [0.1, 0.15) is 39.5 Å². The Morgan fingerprint density at radius 3 is 2.29 bits per heavy atom. The number of rotatable bonds is 8. The molecule has 126 valence electrons. The standard InChI is InChI=1S/C13H28N4O2S.HI/c1-4-13(7-6-8-13)11-16-12(14-3)15-9-10-17-20(18,19)5-2;/h17H,4-11H2,1-3H3,(H2,14,15,16);1H. The molecule has 1 fully saturated rings. The molecular formula is C13H29IN4O2S. The summed E-state index contributed by atoms with van der Waals surface area (Å²) in [6, 6.07) is 0. The Kier molecular flexibility index (Phi) is 9.79. The Bertz CT molecular complexity index is 416. The van der Waals surface area contributed by atoms with Gasteiger partial charge in [-0.2, -0.15) is 0 Å². The van der Waals surface area contributed by atoms with Gasteiger partial charge in [-0.1, -0.05) is 13.3 Å². The first-order valence-corrected chi connectivity index (χ1v) is 9.04. The van der Waals surface area contributed by atoms with Crippen LogP contribution in [-0.4, -0.2) is 46.8 Å². The third kappa shape index (κ3) is 7.14. The first-order chi connectivity index (χ1) is 9.47. The first kappa shape index (κ1) is 20.9. The maximum absolute atomic E-state index is 11.3. The molecule has 1 rings (SSSR count). The zero-order valence-corrected chi connectivity index (χ0v) is 16.4. The summed E-state index contributed by atoms with van der Waals surface area (Å²) in [4.78, 5) is 4.16. The maximum Gasteiger partial charge on any atom is 0.211 e. The lowest BCUT2D eigenvalue weighted by molar-refractivity contribution is 0.131. The summed E-state index contributed by atoms with van der Waals surface area (Å²) in [5.74, 6) is 0.847. The van der Waals surface area contributed by atoms with Crippen LogP contribution in [0.4, 0.5) is 0 Å². The van der Waals surface area contributed by atoms with Crippen LogP contribution in [0.25, 0.3) is 0 Å². The summed E-state index contributed by atoms with van der Waals surface area (Å²) in [7, 11) is -1.38. The van der Waals surface area contributed by atoms with Gasteiger partial charge >= 0.3 is 0 Å². The van der Waals surface area contributed by atoms with Gasteiger partial charge in [0, 0.05) is 26.7 Å². The van der Waals surface area contributed by atoms with Crippen LogP contribution in [0.5, 0.6) is 0 Å². The van der Waals surface area contributed by atoms with Crippen LogP contribution in [0.15, 0.2) is 4.99 Å². The van der Waals surface area contributed by atoms with E-state index in [1.807, 2.05) is 0 Å². The molecule has 0 saturated heterocycles. The molecule has 0 spiro atoms. The number of hydrogen-bond donors (Lipinski definition) is 3. The van der Waals surface area contributed by atoms with E-state index in [0.717, 1.165) is 12.5 Å². The average molecular weight is 432 g/mol. The highest BCUT2D eigenvalue weighted by Crippen LogP contribution is 2.42. The van der Waals surface area contributed by atoms with Crippen molar-refractivity contribution in [3.05, 3.63) is 0 Å². The molecule has 1 aliphatic rings. The van der Waals surface area contributed by atoms with Crippen molar-refractivity contribution in [3.63, 3.8) is 0 Å². The Morgan fingerprint density at radius 2 is 1.86 bits per heavy atom. The van der Waals surface area contributed by atoms with Gasteiger partial charge in [0.1, 0.15) is 0 Å². The van der Waals surface area contributed by atoms with Gasteiger partial charge in [0.2, 0.25) is 10.0 Å². The number of halogens is 1. The molecule has 0 unspecified atom stereocenters. The van der Waals surface area contributed by atoms with E-state index in [4.69, 9.17) is 0 Å². The molecule has 0 bridgehead atoms. The average Bonchev–Trinajstić information content (AvgIpc) is 2.40. The molecule has 0 radical (unpaired) electrons. The number of guanidine groups is 1. The van der Waals surface area contributed by atoms with E-state index in [0.29, 0.717) is 18.5 Å². The Labute approximate surface area is 146 Å².